The Labute approximate surface area is 223 Å². The van der Waals surface area contributed by atoms with Gasteiger partial charge in [0.15, 0.2) is 0 Å². The van der Waals surface area contributed by atoms with Gasteiger partial charge in [-0.15, -0.1) is 0 Å². The number of allylic oxidation sites excluding steroid dienone is 3. The molecule has 0 saturated carbocycles. The predicted octanol–water partition coefficient (Wildman–Crippen LogP) is 3.93. The van der Waals surface area contributed by atoms with Crippen molar-refractivity contribution < 1.29 is 26.3 Å². The van der Waals surface area contributed by atoms with Crippen molar-refractivity contribution in [3.63, 3.8) is 0 Å². The van der Waals surface area contributed by atoms with Gasteiger partial charge in [-0.1, -0.05) is 24.3 Å². The van der Waals surface area contributed by atoms with E-state index in [1.807, 2.05) is 26.2 Å². The minimum Gasteiger partial charge on any atom is -0.381 e. The Morgan fingerprint density at radius 1 is 1.16 bits per heavy atom. The van der Waals surface area contributed by atoms with Crippen molar-refractivity contribution in [1.29, 1.82) is 0 Å². The van der Waals surface area contributed by atoms with Crippen LogP contribution in [0.2, 0.25) is 0 Å². The standard InChI is InChI=1S/C27H39F3N4O3S/c1-34(2)15-14-31-13-6-16-38(35,36)32-18-21-10-11-22-25(19-7-4-3-5-8-19)33-24-12-9-20(27(28,29)30)17-23(24)26(22)37-21/h3-5,7,9,12,17,19,21-22,25-26,31-33H,6,8,10-11,13-16,18H2,1-2H3/t19?,21-,22+,25+,26+/m1/s1. The molecule has 1 saturated heterocycles. The third-order valence-corrected chi connectivity index (χ3v) is 8.96. The number of likely N-dealkylation sites (N-methyl/N-ethyl adjacent to an activating group) is 1. The lowest BCUT2D eigenvalue weighted by atomic mass is 9.73. The van der Waals surface area contributed by atoms with Gasteiger partial charge in [0.2, 0.25) is 10.0 Å². The molecule has 3 aliphatic rings. The van der Waals surface area contributed by atoms with E-state index in [0.29, 0.717) is 30.6 Å². The smallest absolute Gasteiger partial charge is 0.381 e. The van der Waals surface area contributed by atoms with Gasteiger partial charge in [0, 0.05) is 48.8 Å². The number of nitrogens with one attached hydrogen (secondary N) is 3. The van der Waals surface area contributed by atoms with Crippen molar-refractivity contribution in [1.82, 2.24) is 14.9 Å². The second-order valence-corrected chi connectivity index (χ2v) is 12.6. The molecular weight excluding hydrogens is 517 g/mol. The molecule has 4 rings (SSSR count). The van der Waals surface area contributed by atoms with E-state index in [4.69, 9.17) is 4.74 Å². The molecule has 0 bridgehead atoms. The predicted molar refractivity (Wildman–Crippen MR) is 143 cm³/mol. The van der Waals surface area contributed by atoms with Crippen LogP contribution in [0.3, 0.4) is 0 Å². The highest BCUT2D eigenvalue weighted by atomic mass is 32.2. The fourth-order valence-corrected chi connectivity index (χ4v) is 6.63. The molecule has 0 aromatic heterocycles. The van der Waals surface area contributed by atoms with Crippen LogP contribution in [0.4, 0.5) is 18.9 Å². The monoisotopic (exact) mass is 556 g/mol. The Hall–Kier alpha value is -1.92. The maximum Gasteiger partial charge on any atom is 0.416 e. The van der Waals surface area contributed by atoms with Crippen molar-refractivity contribution in [3.05, 3.63) is 53.6 Å². The minimum absolute atomic E-state index is 0.00599. The van der Waals surface area contributed by atoms with Crippen LogP contribution >= 0.6 is 0 Å². The molecule has 7 nitrogen and oxygen atoms in total. The van der Waals surface area contributed by atoms with Crippen LogP contribution in [0.25, 0.3) is 0 Å². The van der Waals surface area contributed by atoms with Gasteiger partial charge in [-0.3, -0.25) is 0 Å². The number of halogens is 3. The summed E-state index contributed by atoms with van der Waals surface area (Å²) in [6.07, 6.45) is 5.54. The van der Waals surface area contributed by atoms with Crippen LogP contribution in [0.5, 0.6) is 0 Å². The van der Waals surface area contributed by atoms with Crippen LogP contribution < -0.4 is 15.4 Å². The van der Waals surface area contributed by atoms with Crippen LogP contribution in [0.15, 0.2) is 42.5 Å². The fraction of sp³-hybridized carbons (Fsp3) is 0.630. The molecule has 3 N–H and O–H groups in total. The van der Waals surface area contributed by atoms with E-state index in [0.717, 1.165) is 32.0 Å². The van der Waals surface area contributed by atoms with E-state index in [-0.39, 0.29) is 30.2 Å². The molecule has 5 atom stereocenters. The van der Waals surface area contributed by atoms with Gasteiger partial charge in [-0.25, -0.2) is 13.1 Å². The zero-order valence-electron chi connectivity index (χ0n) is 22.0. The average molecular weight is 557 g/mol. The summed E-state index contributed by atoms with van der Waals surface area (Å²) in [4.78, 5) is 2.05. The largest absolute Gasteiger partial charge is 0.416 e. The number of fused-ring (bicyclic) bond motifs is 3. The van der Waals surface area contributed by atoms with E-state index in [1.54, 1.807) is 0 Å². The summed E-state index contributed by atoms with van der Waals surface area (Å²) in [6, 6.07) is 3.79. The SMILES string of the molecule is CN(C)CCNCCCS(=O)(=O)NC[C@H]1CC[C@@H]2[C@H](O1)c1cc(C(F)(F)F)ccc1N[C@H]2C1C=CC=CC1. The first-order valence-electron chi connectivity index (χ1n) is 13.3. The number of hydrogen-bond acceptors (Lipinski definition) is 6. The summed E-state index contributed by atoms with van der Waals surface area (Å²) < 4.78 is 74.7. The second kappa shape index (κ2) is 12.5. The normalized spacial score (nSPS) is 27.2. The van der Waals surface area contributed by atoms with Gasteiger partial charge in [-0.05, 0) is 64.5 Å². The summed E-state index contributed by atoms with van der Waals surface area (Å²) in [5.74, 6) is 0.188. The number of sulfonamides is 1. The lowest BCUT2D eigenvalue weighted by Crippen LogP contribution is -2.48. The molecule has 0 spiro atoms. The number of benzene rings is 1. The second-order valence-electron chi connectivity index (χ2n) is 10.7. The molecule has 1 unspecified atom stereocenters. The Morgan fingerprint density at radius 3 is 2.68 bits per heavy atom. The topological polar surface area (TPSA) is 82.7 Å². The molecule has 11 heteroatoms. The Bertz CT molecular complexity index is 1110. The molecule has 1 aliphatic carbocycles. The third kappa shape index (κ3) is 7.59. The Balaban J connectivity index is 1.41. The first-order chi connectivity index (χ1) is 18.0. The highest BCUT2D eigenvalue weighted by molar-refractivity contribution is 7.89. The molecule has 1 fully saturated rings. The highest BCUT2D eigenvalue weighted by Gasteiger charge is 2.45. The summed E-state index contributed by atoms with van der Waals surface area (Å²) >= 11 is 0. The van der Waals surface area contributed by atoms with Gasteiger partial charge >= 0.3 is 6.18 Å². The zero-order chi connectivity index (χ0) is 27.3. The lowest BCUT2D eigenvalue weighted by molar-refractivity contribution is -0.138. The highest BCUT2D eigenvalue weighted by Crippen LogP contribution is 2.49. The van der Waals surface area contributed by atoms with E-state index in [9.17, 15) is 21.6 Å². The molecule has 2 aliphatic heterocycles. The van der Waals surface area contributed by atoms with Gasteiger partial charge < -0.3 is 20.3 Å². The molecule has 38 heavy (non-hydrogen) atoms. The zero-order valence-corrected chi connectivity index (χ0v) is 22.8. The van der Waals surface area contributed by atoms with Crippen molar-refractivity contribution >= 4 is 15.7 Å². The maximum absolute atomic E-state index is 13.5. The molecule has 0 radical (unpaired) electrons. The van der Waals surface area contributed by atoms with Crippen molar-refractivity contribution in [2.75, 3.05) is 51.3 Å². The summed E-state index contributed by atoms with van der Waals surface area (Å²) in [6.45, 7) is 2.39. The number of anilines is 1. The third-order valence-electron chi connectivity index (χ3n) is 7.53. The van der Waals surface area contributed by atoms with E-state index in [1.165, 1.54) is 12.1 Å². The van der Waals surface area contributed by atoms with Crippen molar-refractivity contribution in [3.8, 4) is 0 Å². The molecule has 212 valence electrons. The first kappa shape index (κ1) is 29.1. The summed E-state index contributed by atoms with van der Waals surface area (Å²) in [5, 5.41) is 6.73. The van der Waals surface area contributed by atoms with Gasteiger partial charge in [0.1, 0.15) is 0 Å². The van der Waals surface area contributed by atoms with Crippen molar-refractivity contribution in [2.45, 2.75) is 50.1 Å². The number of rotatable bonds is 11. The van der Waals surface area contributed by atoms with Gasteiger partial charge in [0.05, 0.1) is 23.5 Å². The number of ether oxygens (including phenoxy) is 1. The molecule has 1 aromatic carbocycles. The average Bonchev–Trinajstić information content (AvgIpc) is 2.88. The number of alkyl halides is 3. The Morgan fingerprint density at radius 2 is 1.97 bits per heavy atom. The van der Waals surface area contributed by atoms with E-state index >= 15 is 0 Å². The lowest BCUT2D eigenvalue weighted by Gasteiger charge is -2.47. The van der Waals surface area contributed by atoms with Crippen LogP contribution in [-0.2, 0) is 20.9 Å². The van der Waals surface area contributed by atoms with Gasteiger partial charge in [0.25, 0.3) is 0 Å². The maximum atomic E-state index is 13.5. The fourth-order valence-electron chi connectivity index (χ4n) is 5.52. The quantitative estimate of drug-likeness (QED) is 0.359. The molecule has 1 aromatic rings. The van der Waals surface area contributed by atoms with Crippen LogP contribution in [0, 0.1) is 11.8 Å². The summed E-state index contributed by atoms with van der Waals surface area (Å²) in [5.41, 5.74) is 0.435. The van der Waals surface area contributed by atoms with E-state index in [2.05, 4.69) is 32.4 Å². The molecular formula is C27H39F3N4O3S. The van der Waals surface area contributed by atoms with Gasteiger partial charge in [-0.2, -0.15) is 13.2 Å². The summed E-state index contributed by atoms with van der Waals surface area (Å²) in [7, 11) is 0.473. The Kier molecular flexibility index (Phi) is 9.57. The van der Waals surface area contributed by atoms with Crippen LogP contribution in [-0.4, -0.2) is 71.5 Å². The molecule has 2 heterocycles. The number of nitrogens with zero attached hydrogens (tertiary/aromatic N) is 1. The van der Waals surface area contributed by atoms with Crippen LogP contribution in [0.1, 0.15) is 42.9 Å². The minimum atomic E-state index is -4.46. The number of hydrogen-bond donors (Lipinski definition) is 3. The first-order valence-corrected chi connectivity index (χ1v) is 15.0. The van der Waals surface area contributed by atoms with Crippen molar-refractivity contribution in [2.24, 2.45) is 11.8 Å². The van der Waals surface area contributed by atoms with E-state index < -0.39 is 34.0 Å². The molecule has 0 amide bonds.